The Morgan fingerprint density at radius 3 is 2.37 bits per heavy atom. The van der Waals surface area contributed by atoms with Gasteiger partial charge in [-0.2, -0.15) is 0 Å². The number of rotatable bonds is 2. The molecule has 3 nitrogen and oxygen atoms in total. The average molecular weight is 328 g/mol. The number of benzene rings is 2. The molecule has 0 saturated heterocycles. The minimum atomic E-state index is -0.750. The molecular weight excluding hydrogens is 320 g/mol. The van der Waals surface area contributed by atoms with E-state index in [9.17, 15) is 13.6 Å². The molecule has 0 aromatic heterocycles. The van der Waals surface area contributed by atoms with Crippen LogP contribution in [0.1, 0.15) is 10.4 Å². The highest BCUT2D eigenvalue weighted by atomic mass is 79.9. The first-order valence-electron chi connectivity index (χ1n) is 5.22. The zero-order chi connectivity index (χ0) is 14.0. The second-order valence-corrected chi connectivity index (χ2v) is 4.60. The van der Waals surface area contributed by atoms with E-state index >= 15 is 0 Å². The molecule has 0 aliphatic heterocycles. The van der Waals surface area contributed by atoms with Crippen LogP contribution >= 0.6 is 15.9 Å². The maximum Gasteiger partial charge on any atom is 0.255 e. The summed E-state index contributed by atoms with van der Waals surface area (Å²) in [6, 6.07) is 7.22. The summed E-state index contributed by atoms with van der Waals surface area (Å²) in [5, 5.41) is 11.4. The van der Waals surface area contributed by atoms with Crippen LogP contribution in [0, 0.1) is 11.6 Å². The first kappa shape index (κ1) is 13.5. The molecule has 0 saturated carbocycles. The van der Waals surface area contributed by atoms with Crippen LogP contribution < -0.4 is 5.32 Å². The van der Waals surface area contributed by atoms with Crippen molar-refractivity contribution >= 4 is 27.5 Å². The maximum absolute atomic E-state index is 13.5. The number of carbonyl (C=O) groups excluding carboxylic acids is 1. The van der Waals surface area contributed by atoms with Crippen LogP contribution in [0.25, 0.3) is 0 Å². The third kappa shape index (κ3) is 3.08. The number of phenolic OH excluding ortho intramolecular Hbond substituents is 1. The van der Waals surface area contributed by atoms with Gasteiger partial charge in [0, 0.05) is 11.6 Å². The van der Waals surface area contributed by atoms with Gasteiger partial charge in [0.1, 0.15) is 17.4 Å². The molecule has 19 heavy (non-hydrogen) atoms. The molecule has 0 aliphatic rings. The number of nitrogens with one attached hydrogen (secondary N) is 1. The van der Waals surface area contributed by atoms with Gasteiger partial charge < -0.3 is 10.4 Å². The zero-order valence-corrected chi connectivity index (χ0v) is 11.0. The Labute approximate surface area is 116 Å². The van der Waals surface area contributed by atoms with Crippen LogP contribution in [-0.2, 0) is 0 Å². The SMILES string of the molecule is O=C(Nc1cc(F)c(Br)cc1F)c1ccc(O)cc1. The van der Waals surface area contributed by atoms with Crippen LogP contribution in [0.3, 0.4) is 0 Å². The van der Waals surface area contributed by atoms with Crippen LogP contribution in [0.5, 0.6) is 5.75 Å². The molecule has 0 heterocycles. The van der Waals surface area contributed by atoms with Crippen molar-refractivity contribution in [2.75, 3.05) is 5.32 Å². The van der Waals surface area contributed by atoms with Crippen molar-refractivity contribution in [3.8, 4) is 5.75 Å². The van der Waals surface area contributed by atoms with E-state index in [0.717, 1.165) is 12.1 Å². The van der Waals surface area contributed by atoms with Gasteiger partial charge in [-0.05, 0) is 46.3 Å². The number of hydrogen-bond acceptors (Lipinski definition) is 2. The lowest BCUT2D eigenvalue weighted by molar-refractivity contribution is 0.102. The third-order valence-corrected chi connectivity index (χ3v) is 3.00. The van der Waals surface area contributed by atoms with Gasteiger partial charge in [-0.1, -0.05) is 0 Å². The minimum Gasteiger partial charge on any atom is -0.508 e. The summed E-state index contributed by atoms with van der Waals surface area (Å²) in [6.45, 7) is 0. The van der Waals surface area contributed by atoms with Crippen molar-refractivity contribution in [3.05, 3.63) is 58.1 Å². The van der Waals surface area contributed by atoms with Gasteiger partial charge in [0.25, 0.3) is 5.91 Å². The summed E-state index contributed by atoms with van der Waals surface area (Å²) in [6.07, 6.45) is 0. The number of anilines is 1. The van der Waals surface area contributed by atoms with Gasteiger partial charge in [0.2, 0.25) is 0 Å². The van der Waals surface area contributed by atoms with Gasteiger partial charge in [-0.25, -0.2) is 8.78 Å². The lowest BCUT2D eigenvalue weighted by Crippen LogP contribution is -2.13. The van der Waals surface area contributed by atoms with Crippen molar-refractivity contribution in [2.24, 2.45) is 0 Å². The monoisotopic (exact) mass is 327 g/mol. The highest BCUT2D eigenvalue weighted by Gasteiger charge is 2.12. The number of phenols is 1. The van der Waals surface area contributed by atoms with E-state index in [2.05, 4.69) is 21.2 Å². The summed E-state index contributed by atoms with van der Waals surface area (Å²) in [7, 11) is 0. The van der Waals surface area contributed by atoms with Crippen LogP contribution in [0.4, 0.5) is 14.5 Å². The highest BCUT2D eigenvalue weighted by Crippen LogP contribution is 2.24. The molecule has 0 radical (unpaired) electrons. The lowest BCUT2D eigenvalue weighted by Gasteiger charge is -2.07. The Morgan fingerprint density at radius 2 is 1.74 bits per heavy atom. The van der Waals surface area contributed by atoms with Gasteiger partial charge in [0.15, 0.2) is 0 Å². The van der Waals surface area contributed by atoms with E-state index in [4.69, 9.17) is 5.11 Å². The molecule has 2 aromatic carbocycles. The molecular formula is C13H8BrF2NO2. The predicted molar refractivity (Wildman–Crippen MR) is 70.1 cm³/mol. The second kappa shape index (κ2) is 5.36. The van der Waals surface area contributed by atoms with E-state index in [0.29, 0.717) is 0 Å². The Kier molecular flexibility index (Phi) is 3.80. The van der Waals surface area contributed by atoms with Gasteiger partial charge in [-0.15, -0.1) is 0 Å². The summed E-state index contributed by atoms with van der Waals surface area (Å²) in [4.78, 5) is 11.8. The number of aromatic hydroxyl groups is 1. The number of amides is 1. The molecule has 98 valence electrons. The third-order valence-electron chi connectivity index (χ3n) is 2.39. The molecule has 0 bridgehead atoms. The largest absolute Gasteiger partial charge is 0.508 e. The Bertz CT molecular complexity index is 629. The fourth-order valence-corrected chi connectivity index (χ4v) is 1.74. The number of halogens is 3. The summed E-state index contributed by atoms with van der Waals surface area (Å²) in [5.41, 5.74) is -0.0284. The standard InChI is InChI=1S/C13H8BrF2NO2/c14-9-5-11(16)12(6-10(9)15)17-13(19)7-1-3-8(18)4-2-7/h1-6,18H,(H,17,19). The fraction of sp³-hybridized carbons (Fsp3) is 0. The topological polar surface area (TPSA) is 49.3 Å². The van der Waals surface area contributed by atoms with Gasteiger partial charge in [-0.3, -0.25) is 4.79 Å². The summed E-state index contributed by atoms with van der Waals surface area (Å²) in [5.74, 6) is -2.01. The highest BCUT2D eigenvalue weighted by molar-refractivity contribution is 9.10. The van der Waals surface area contributed by atoms with Crippen molar-refractivity contribution < 1.29 is 18.7 Å². The smallest absolute Gasteiger partial charge is 0.255 e. The van der Waals surface area contributed by atoms with Crippen LogP contribution in [0.2, 0.25) is 0 Å². The molecule has 2 aromatic rings. The van der Waals surface area contributed by atoms with Crippen molar-refractivity contribution in [3.63, 3.8) is 0 Å². The van der Waals surface area contributed by atoms with E-state index in [1.54, 1.807) is 0 Å². The number of carbonyl (C=O) groups is 1. The molecule has 0 atom stereocenters. The van der Waals surface area contributed by atoms with Crippen LogP contribution in [-0.4, -0.2) is 11.0 Å². The van der Waals surface area contributed by atoms with E-state index < -0.39 is 17.5 Å². The average Bonchev–Trinajstić information content (AvgIpc) is 2.36. The molecule has 2 rings (SSSR count). The molecule has 2 N–H and O–H groups in total. The summed E-state index contributed by atoms with van der Waals surface area (Å²) < 4.78 is 26.8. The molecule has 1 amide bonds. The summed E-state index contributed by atoms with van der Waals surface area (Å²) >= 11 is 2.84. The van der Waals surface area contributed by atoms with E-state index in [1.165, 1.54) is 24.3 Å². The zero-order valence-electron chi connectivity index (χ0n) is 9.45. The predicted octanol–water partition coefficient (Wildman–Crippen LogP) is 3.69. The van der Waals surface area contributed by atoms with Crippen molar-refractivity contribution in [1.29, 1.82) is 0 Å². The second-order valence-electron chi connectivity index (χ2n) is 3.75. The van der Waals surface area contributed by atoms with Gasteiger partial charge >= 0.3 is 0 Å². The Balaban J connectivity index is 2.24. The molecule has 0 aliphatic carbocycles. The van der Waals surface area contributed by atoms with Crippen molar-refractivity contribution in [1.82, 2.24) is 0 Å². The fourth-order valence-electron chi connectivity index (χ4n) is 1.43. The quantitative estimate of drug-likeness (QED) is 0.826. The van der Waals surface area contributed by atoms with Gasteiger partial charge in [0.05, 0.1) is 10.2 Å². The molecule has 0 spiro atoms. The normalized spacial score (nSPS) is 10.3. The Hall–Kier alpha value is -1.95. The first-order chi connectivity index (χ1) is 8.97. The van der Waals surface area contributed by atoms with E-state index in [1.807, 2.05) is 0 Å². The van der Waals surface area contributed by atoms with Crippen molar-refractivity contribution in [2.45, 2.75) is 0 Å². The molecule has 0 fully saturated rings. The number of hydrogen-bond donors (Lipinski definition) is 2. The lowest BCUT2D eigenvalue weighted by atomic mass is 10.2. The van der Waals surface area contributed by atoms with E-state index in [-0.39, 0.29) is 21.5 Å². The first-order valence-corrected chi connectivity index (χ1v) is 6.01. The minimum absolute atomic E-state index is 0.0115. The van der Waals surface area contributed by atoms with Crippen LogP contribution in [0.15, 0.2) is 40.9 Å². The molecule has 6 heteroatoms. The Morgan fingerprint density at radius 1 is 1.11 bits per heavy atom. The maximum atomic E-state index is 13.5. The molecule has 0 unspecified atom stereocenters.